The van der Waals surface area contributed by atoms with Crippen molar-refractivity contribution in [2.24, 2.45) is 7.05 Å². The molecule has 1 unspecified atom stereocenters. The van der Waals surface area contributed by atoms with Crippen LogP contribution in [0.3, 0.4) is 0 Å². The van der Waals surface area contributed by atoms with Crippen LogP contribution in [0.4, 0.5) is 0 Å². The molecule has 3 rings (SSSR count). The van der Waals surface area contributed by atoms with Crippen molar-refractivity contribution in [1.29, 1.82) is 0 Å². The number of carboxylic acid groups (broad SMARTS) is 3. The Hall–Kier alpha value is -3.68. The van der Waals surface area contributed by atoms with Gasteiger partial charge in [0.2, 0.25) is 0 Å². The molecule has 2 heterocycles. The molecular weight excluding hydrogens is 514 g/mol. The van der Waals surface area contributed by atoms with Gasteiger partial charge >= 0.3 is 17.9 Å². The minimum absolute atomic E-state index is 0.302. The first-order valence-electron chi connectivity index (χ1n) is 12.3. The van der Waals surface area contributed by atoms with Gasteiger partial charge < -0.3 is 34.6 Å². The van der Waals surface area contributed by atoms with Crippen LogP contribution in [0.5, 0.6) is 11.5 Å². The number of aliphatic hydroxyl groups is 1. The summed E-state index contributed by atoms with van der Waals surface area (Å²) in [6, 6.07) is 6.00. The van der Waals surface area contributed by atoms with E-state index in [-0.39, 0.29) is 0 Å². The monoisotopic (exact) mass is 551 g/mol. The third-order valence-electron chi connectivity index (χ3n) is 6.39. The topological polar surface area (TPSA) is 181 Å². The molecule has 0 spiro atoms. The Morgan fingerprint density at radius 3 is 2.21 bits per heavy atom. The average Bonchev–Trinajstić information content (AvgIpc) is 3.49. The number of hydrogen-bond donors (Lipinski definition) is 4. The Kier molecular flexibility index (Phi) is 11.7. The molecule has 0 amide bonds. The SMILES string of the molecule is COc1ccc(CN(Cc2cnn(C)c2C)CC2CCCO2)c(OC)c1.O=C(O)CC(O)(CC(=O)O)C(=O)O. The van der Waals surface area contributed by atoms with Gasteiger partial charge in [-0.15, -0.1) is 0 Å². The maximum absolute atomic E-state index is 10.3. The molecule has 1 aliphatic heterocycles. The fraction of sp³-hybridized carbons (Fsp3) is 0.538. The van der Waals surface area contributed by atoms with Gasteiger partial charge in [0.15, 0.2) is 5.60 Å². The van der Waals surface area contributed by atoms with Crippen molar-refractivity contribution in [3.8, 4) is 11.5 Å². The largest absolute Gasteiger partial charge is 0.497 e. The highest BCUT2D eigenvalue weighted by Gasteiger charge is 2.40. The van der Waals surface area contributed by atoms with E-state index in [1.165, 1.54) is 11.3 Å². The summed E-state index contributed by atoms with van der Waals surface area (Å²) in [6.07, 6.45) is 2.25. The first-order valence-corrected chi connectivity index (χ1v) is 12.3. The van der Waals surface area contributed by atoms with Crippen LogP contribution >= 0.6 is 0 Å². The molecule has 1 aliphatic rings. The van der Waals surface area contributed by atoms with Crippen LogP contribution in [0, 0.1) is 6.92 Å². The van der Waals surface area contributed by atoms with Crippen LogP contribution in [0.2, 0.25) is 0 Å². The quantitative estimate of drug-likeness (QED) is 0.283. The molecule has 1 fully saturated rings. The summed E-state index contributed by atoms with van der Waals surface area (Å²) in [7, 11) is 5.35. The first-order chi connectivity index (χ1) is 18.4. The number of nitrogens with zero attached hydrogens (tertiary/aromatic N) is 3. The zero-order chi connectivity index (χ0) is 29.2. The Morgan fingerprint density at radius 1 is 1.10 bits per heavy atom. The highest BCUT2D eigenvalue weighted by Crippen LogP contribution is 2.27. The lowest BCUT2D eigenvalue weighted by Crippen LogP contribution is -2.42. The Bertz CT molecular complexity index is 1110. The summed E-state index contributed by atoms with van der Waals surface area (Å²) in [4.78, 5) is 32.9. The van der Waals surface area contributed by atoms with Crippen LogP contribution in [-0.4, -0.2) is 92.1 Å². The lowest BCUT2D eigenvalue weighted by atomic mass is 9.96. The van der Waals surface area contributed by atoms with Crippen LogP contribution in [-0.2, 0) is 39.3 Å². The Morgan fingerprint density at radius 2 is 1.74 bits per heavy atom. The van der Waals surface area contributed by atoms with Crippen molar-refractivity contribution < 1.29 is 49.0 Å². The fourth-order valence-corrected chi connectivity index (χ4v) is 4.14. The summed E-state index contributed by atoms with van der Waals surface area (Å²) in [5.74, 6) is -3.36. The van der Waals surface area contributed by atoms with E-state index >= 15 is 0 Å². The molecule has 0 bridgehead atoms. The van der Waals surface area contributed by atoms with Crippen LogP contribution in [0.25, 0.3) is 0 Å². The molecule has 0 radical (unpaired) electrons. The van der Waals surface area contributed by atoms with Gasteiger partial charge in [-0.3, -0.25) is 19.2 Å². The smallest absolute Gasteiger partial charge is 0.336 e. The predicted molar refractivity (Wildman–Crippen MR) is 138 cm³/mol. The second-order valence-corrected chi connectivity index (χ2v) is 9.34. The van der Waals surface area contributed by atoms with Crippen molar-refractivity contribution in [3.05, 3.63) is 41.2 Å². The van der Waals surface area contributed by atoms with Gasteiger partial charge in [-0.25, -0.2) is 4.79 Å². The summed E-state index contributed by atoms with van der Waals surface area (Å²) in [5, 5.41) is 38.2. The fourth-order valence-electron chi connectivity index (χ4n) is 4.14. The summed E-state index contributed by atoms with van der Waals surface area (Å²) >= 11 is 0. The van der Waals surface area contributed by atoms with Gasteiger partial charge in [0, 0.05) is 56.2 Å². The van der Waals surface area contributed by atoms with Crippen molar-refractivity contribution in [2.45, 2.75) is 57.4 Å². The number of aliphatic carboxylic acids is 3. The summed E-state index contributed by atoms with van der Waals surface area (Å²) < 4.78 is 18.7. The number of ether oxygens (including phenoxy) is 3. The van der Waals surface area contributed by atoms with Gasteiger partial charge in [-0.05, 0) is 25.8 Å². The van der Waals surface area contributed by atoms with E-state index in [9.17, 15) is 14.4 Å². The minimum atomic E-state index is -2.74. The zero-order valence-corrected chi connectivity index (χ0v) is 22.6. The molecule has 13 heteroatoms. The van der Waals surface area contributed by atoms with Crippen molar-refractivity contribution in [3.63, 3.8) is 0 Å². The van der Waals surface area contributed by atoms with E-state index in [1.54, 1.807) is 14.2 Å². The molecule has 1 aromatic heterocycles. The number of aryl methyl sites for hydroxylation is 1. The number of aromatic nitrogens is 2. The normalized spacial score (nSPS) is 15.0. The van der Waals surface area contributed by atoms with Gasteiger partial charge in [-0.1, -0.05) is 6.07 Å². The van der Waals surface area contributed by atoms with E-state index < -0.39 is 36.4 Å². The van der Waals surface area contributed by atoms with Crippen LogP contribution < -0.4 is 9.47 Å². The van der Waals surface area contributed by atoms with Gasteiger partial charge in [0.1, 0.15) is 11.5 Å². The lowest BCUT2D eigenvalue weighted by molar-refractivity contribution is -0.170. The molecule has 1 aromatic carbocycles. The molecule has 1 atom stereocenters. The lowest BCUT2D eigenvalue weighted by Gasteiger charge is -2.26. The number of rotatable bonds is 13. The molecular formula is C26H37N3O10. The highest BCUT2D eigenvalue weighted by atomic mass is 16.5. The molecule has 216 valence electrons. The maximum atomic E-state index is 10.3. The summed E-state index contributed by atoms with van der Waals surface area (Å²) in [6.45, 7) is 5.52. The number of benzene rings is 1. The predicted octanol–water partition coefficient (Wildman–Crippen LogP) is 1.68. The van der Waals surface area contributed by atoms with E-state index in [0.29, 0.717) is 6.10 Å². The highest BCUT2D eigenvalue weighted by molar-refractivity contribution is 5.88. The molecule has 13 nitrogen and oxygen atoms in total. The third kappa shape index (κ3) is 9.53. The van der Waals surface area contributed by atoms with Crippen molar-refractivity contribution in [1.82, 2.24) is 14.7 Å². The zero-order valence-electron chi connectivity index (χ0n) is 22.6. The molecule has 0 aliphatic carbocycles. The Balaban J connectivity index is 0.000000349. The van der Waals surface area contributed by atoms with Gasteiger partial charge in [-0.2, -0.15) is 5.10 Å². The number of hydrogen-bond acceptors (Lipinski definition) is 9. The molecule has 1 saturated heterocycles. The standard InChI is InChI=1S/C20H29N3O3.C6H8O7/c1-15-17(11-21-22(15)2)13-23(14-19-6-5-9-26-19)12-16-7-8-18(24-3)10-20(16)25-4;7-3(8)1-6(13,5(11)12)2-4(9)10/h7-8,10-11,19H,5-6,9,12-14H2,1-4H3;13H,1-2H2,(H,7,8)(H,9,10)(H,11,12). The minimum Gasteiger partial charge on any atom is -0.497 e. The van der Waals surface area contributed by atoms with E-state index in [2.05, 4.69) is 23.0 Å². The van der Waals surface area contributed by atoms with Crippen LogP contribution in [0.1, 0.15) is 42.5 Å². The molecule has 0 saturated carbocycles. The van der Waals surface area contributed by atoms with E-state index in [0.717, 1.165) is 56.1 Å². The van der Waals surface area contributed by atoms with Gasteiger partial charge in [0.25, 0.3) is 0 Å². The molecule has 39 heavy (non-hydrogen) atoms. The molecule has 2 aromatic rings. The van der Waals surface area contributed by atoms with Crippen LogP contribution in [0.15, 0.2) is 24.4 Å². The number of carboxylic acids is 3. The summed E-state index contributed by atoms with van der Waals surface area (Å²) in [5.41, 5.74) is 0.854. The van der Waals surface area contributed by atoms with Gasteiger partial charge in [0.05, 0.1) is 39.4 Å². The second kappa shape index (κ2) is 14.5. The first kappa shape index (κ1) is 31.5. The maximum Gasteiger partial charge on any atom is 0.336 e. The van der Waals surface area contributed by atoms with Crippen molar-refractivity contribution >= 4 is 17.9 Å². The third-order valence-corrected chi connectivity index (χ3v) is 6.39. The Labute approximate surface area is 226 Å². The molecule has 4 N–H and O–H groups in total. The van der Waals surface area contributed by atoms with E-state index in [1.807, 2.05) is 30.1 Å². The number of methoxy groups -OCH3 is 2. The van der Waals surface area contributed by atoms with Crippen molar-refractivity contribution in [2.75, 3.05) is 27.4 Å². The van der Waals surface area contributed by atoms with E-state index in [4.69, 9.17) is 34.6 Å². The number of carbonyl (C=O) groups is 3. The average molecular weight is 552 g/mol. The second-order valence-electron chi connectivity index (χ2n) is 9.34.